The largest absolute Gasteiger partial charge is 0.339 e. The molecule has 1 aromatic heterocycles. The van der Waals surface area contributed by atoms with Gasteiger partial charge in [0.05, 0.1) is 5.54 Å². The molecule has 3 rings (SSSR count). The van der Waals surface area contributed by atoms with E-state index in [1.807, 2.05) is 0 Å². The molecule has 1 aliphatic rings. The van der Waals surface area contributed by atoms with E-state index in [0.29, 0.717) is 30.1 Å². The van der Waals surface area contributed by atoms with E-state index in [0.717, 1.165) is 31.7 Å². The van der Waals surface area contributed by atoms with Crippen LogP contribution in [0.1, 0.15) is 43.0 Å². The molecule has 1 fully saturated rings. The molecule has 1 aromatic carbocycles. The fourth-order valence-electron chi connectivity index (χ4n) is 2.77. The Balaban J connectivity index is 0.00000176. The molecule has 0 spiro atoms. The van der Waals surface area contributed by atoms with Crippen molar-refractivity contribution < 1.29 is 13.3 Å². The van der Waals surface area contributed by atoms with Crippen LogP contribution in [0.2, 0.25) is 0 Å². The number of halogens is 3. The third kappa shape index (κ3) is 3.28. The first kappa shape index (κ1) is 16.8. The molecule has 1 saturated carbocycles. The summed E-state index contributed by atoms with van der Waals surface area (Å²) in [6.45, 7) is 0. The number of benzene rings is 1. The van der Waals surface area contributed by atoms with Crippen LogP contribution in [0.3, 0.4) is 0 Å². The van der Waals surface area contributed by atoms with Crippen molar-refractivity contribution in [2.45, 2.75) is 44.1 Å². The number of nitrogens with two attached hydrogens (primary N) is 1. The van der Waals surface area contributed by atoms with Crippen molar-refractivity contribution in [2.24, 2.45) is 5.73 Å². The molecule has 1 aliphatic carbocycles. The molecule has 2 aromatic rings. The lowest BCUT2D eigenvalue weighted by atomic mass is 9.99. The quantitative estimate of drug-likeness (QED) is 0.934. The van der Waals surface area contributed by atoms with Crippen LogP contribution >= 0.6 is 12.4 Å². The highest BCUT2D eigenvalue weighted by atomic mass is 35.5. The topological polar surface area (TPSA) is 64.9 Å². The van der Waals surface area contributed by atoms with Gasteiger partial charge in [-0.15, -0.1) is 12.4 Å². The molecule has 0 saturated heterocycles. The molecule has 2 N–H and O–H groups in total. The van der Waals surface area contributed by atoms with Crippen LogP contribution in [0.4, 0.5) is 8.78 Å². The maximum absolute atomic E-state index is 13.6. The Hall–Kier alpha value is -1.53. The average Bonchev–Trinajstić information content (AvgIpc) is 3.10. The predicted molar refractivity (Wildman–Crippen MR) is 79.6 cm³/mol. The van der Waals surface area contributed by atoms with Crippen LogP contribution in [-0.4, -0.2) is 10.1 Å². The van der Waals surface area contributed by atoms with E-state index in [-0.39, 0.29) is 12.4 Å². The van der Waals surface area contributed by atoms with E-state index in [9.17, 15) is 8.78 Å². The van der Waals surface area contributed by atoms with Crippen molar-refractivity contribution in [1.82, 2.24) is 10.1 Å². The SMILES string of the molecule is Cl.NC1(c2noc(CCc3cccc(F)c3F)n2)CCCC1. The summed E-state index contributed by atoms with van der Waals surface area (Å²) < 4.78 is 31.9. The second kappa shape index (κ2) is 6.71. The molecule has 0 bridgehead atoms. The molecule has 0 radical (unpaired) electrons. The van der Waals surface area contributed by atoms with Crippen LogP contribution in [-0.2, 0) is 18.4 Å². The first-order chi connectivity index (χ1) is 10.1. The van der Waals surface area contributed by atoms with Gasteiger partial charge in [0, 0.05) is 6.42 Å². The molecule has 7 heteroatoms. The van der Waals surface area contributed by atoms with Gasteiger partial charge in [-0.3, -0.25) is 0 Å². The molecule has 0 atom stereocenters. The van der Waals surface area contributed by atoms with Gasteiger partial charge in [-0.2, -0.15) is 4.98 Å². The number of aromatic nitrogens is 2. The fourth-order valence-corrected chi connectivity index (χ4v) is 2.77. The van der Waals surface area contributed by atoms with E-state index >= 15 is 0 Å². The predicted octanol–water partition coefficient (Wildman–Crippen LogP) is 3.28. The Morgan fingerprint density at radius 3 is 2.64 bits per heavy atom. The zero-order valence-electron chi connectivity index (χ0n) is 12.0. The lowest BCUT2D eigenvalue weighted by Crippen LogP contribution is -2.34. The van der Waals surface area contributed by atoms with Crippen LogP contribution in [0.25, 0.3) is 0 Å². The van der Waals surface area contributed by atoms with Gasteiger partial charge in [0.2, 0.25) is 5.89 Å². The van der Waals surface area contributed by atoms with Crippen molar-refractivity contribution in [3.8, 4) is 0 Å². The molecule has 0 amide bonds. The third-order valence-electron chi connectivity index (χ3n) is 4.05. The molecular weight excluding hydrogens is 312 g/mol. The van der Waals surface area contributed by atoms with Crippen LogP contribution < -0.4 is 5.73 Å². The van der Waals surface area contributed by atoms with Gasteiger partial charge in [-0.1, -0.05) is 30.1 Å². The van der Waals surface area contributed by atoms with E-state index < -0.39 is 17.2 Å². The summed E-state index contributed by atoms with van der Waals surface area (Å²) in [6.07, 6.45) is 4.50. The Morgan fingerprint density at radius 1 is 1.18 bits per heavy atom. The summed E-state index contributed by atoms with van der Waals surface area (Å²) in [4.78, 5) is 4.31. The fraction of sp³-hybridized carbons (Fsp3) is 0.467. The molecule has 1 heterocycles. The molecule has 0 unspecified atom stereocenters. The second-order valence-corrected chi connectivity index (χ2v) is 5.59. The zero-order valence-corrected chi connectivity index (χ0v) is 12.8. The number of hydrogen-bond acceptors (Lipinski definition) is 4. The molecule has 22 heavy (non-hydrogen) atoms. The minimum atomic E-state index is -0.842. The Bertz CT molecular complexity index is 641. The summed E-state index contributed by atoms with van der Waals surface area (Å²) in [6, 6.07) is 4.14. The lowest BCUT2D eigenvalue weighted by molar-refractivity contribution is 0.348. The van der Waals surface area contributed by atoms with Crippen molar-refractivity contribution in [3.05, 3.63) is 47.1 Å². The van der Waals surface area contributed by atoms with Crippen molar-refractivity contribution >= 4 is 12.4 Å². The Morgan fingerprint density at radius 2 is 1.91 bits per heavy atom. The highest BCUT2D eigenvalue weighted by Gasteiger charge is 2.35. The molecule has 4 nitrogen and oxygen atoms in total. The van der Waals surface area contributed by atoms with Gasteiger partial charge in [0.15, 0.2) is 17.5 Å². The van der Waals surface area contributed by atoms with E-state index in [2.05, 4.69) is 10.1 Å². The smallest absolute Gasteiger partial charge is 0.227 e. The van der Waals surface area contributed by atoms with Gasteiger partial charge in [0.25, 0.3) is 0 Å². The Labute approximate surface area is 133 Å². The van der Waals surface area contributed by atoms with Crippen LogP contribution in [0.15, 0.2) is 22.7 Å². The molecule has 120 valence electrons. The van der Waals surface area contributed by atoms with E-state index in [1.165, 1.54) is 6.07 Å². The van der Waals surface area contributed by atoms with Crippen LogP contribution in [0, 0.1) is 11.6 Å². The second-order valence-electron chi connectivity index (χ2n) is 5.59. The minimum absolute atomic E-state index is 0. The average molecular weight is 330 g/mol. The van der Waals surface area contributed by atoms with Crippen molar-refractivity contribution in [1.29, 1.82) is 0 Å². The van der Waals surface area contributed by atoms with Gasteiger partial charge < -0.3 is 10.3 Å². The summed E-state index contributed by atoms with van der Waals surface area (Å²) in [7, 11) is 0. The monoisotopic (exact) mass is 329 g/mol. The molecular formula is C15H18ClF2N3O. The number of nitrogens with zero attached hydrogens (tertiary/aromatic N) is 2. The van der Waals surface area contributed by atoms with E-state index in [4.69, 9.17) is 10.3 Å². The normalized spacial score (nSPS) is 16.5. The van der Waals surface area contributed by atoms with Crippen molar-refractivity contribution in [3.63, 3.8) is 0 Å². The Kier molecular flexibility index (Phi) is 5.13. The van der Waals surface area contributed by atoms with Crippen LogP contribution in [0.5, 0.6) is 0 Å². The van der Waals surface area contributed by atoms with Gasteiger partial charge in [-0.05, 0) is 30.9 Å². The van der Waals surface area contributed by atoms with Gasteiger partial charge in [0.1, 0.15) is 0 Å². The van der Waals surface area contributed by atoms with Gasteiger partial charge in [-0.25, -0.2) is 8.78 Å². The highest BCUT2D eigenvalue weighted by molar-refractivity contribution is 5.85. The van der Waals surface area contributed by atoms with E-state index in [1.54, 1.807) is 6.07 Å². The first-order valence-corrected chi connectivity index (χ1v) is 7.13. The number of hydrogen-bond donors (Lipinski definition) is 1. The maximum Gasteiger partial charge on any atom is 0.227 e. The summed E-state index contributed by atoms with van der Waals surface area (Å²) in [5.41, 5.74) is 6.06. The lowest BCUT2D eigenvalue weighted by Gasteiger charge is -2.17. The summed E-state index contributed by atoms with van der Waals surface area (Å²) in [5, 5.41) is 3.94. The van der Waals surface area contributed by atoms with Crippen molar-refractivity contribution in [2.75, 3.05) is 0 Å². The third-order valence-corrected chi connectivity index (χ3v) is 4.05. The standard InChI is InChI=1S/C15H17F2N3O.ClH/c16-11-5-3-4-10(13(11)17)6-7-12-19-14(20-21-12)15(18)8-1-2-9-15;/h3-5H,1-2,6-9,18H2;1H. The maximum atomic E-state index is 13.6. The highest BCUT2D eigenvalue weighted by Crippen LogP contribution is 2.34. The molecule has 0 aliphatic heterocycles. The van der Waals surface area contributed by atoms with Gasteiger partial charge >= 0.3 is 0 Å². The summed E-state index contributed by atoms with van der Waals surface area (Å²) >= 11 is 0. The number of aryl methyl sites for hydroxylation is 2. The minimum Gasteiger partial charge on any atom is -0.339 e. The number of rotatable bonds is 4. The first-order valence-electron chi connectivity index (χ1n) is 7.13. The summed E-state index contributed by atoms with van der Waals surface area (Å²) in [5.74, 6) is -0.728. The zero-order chi connectivity index (χ0) is 14.9.